The standard InChI is InChI=1S/C11H15Cl2N3O/c1-3-5-6-16(4-2)11(17)8-7-9(12)14-15-10(8)13/h7H,3-6H2,1-2H3. The van der Waals surface area contributed by atoms with Gasteiger partial charge in [-0.3, -0.25) is 4.79 Å². The molecule has 0 aliphatic carbocycles. The van der Waals surface area contributed by atoms with Gasteiger partial charge in [-0.15, -0.1) is 10.2 Å². The van der Waals surface area contributed by atoms with Crippen LogP contribution in [0.4, 0.5) is 0 Å². The van der Waals surface area contributed by atoms with Gasteiger partial charge in [0.1, 0.15) is 0 Å². The molecule has 0 radical (unpaired) electrons. The Kier molecular flexibility index (Phi) is 5.65. The van der Waals surface area contributed by atoms with Gasteiger partial charge in [0.2, 0.25) is 0 Å². The van der Waals surface area contributed by atoms with Crippen LogP contribution in [-0.4, -0.2) is 34.1 Å². The Labute approximate surface area is 111 Å². The minimum atomic E-state index is -0.150. The second-order valence-corrected chi connectivity index (χ2v) is 4.36. The lowest BCUT2D eigenvalue weighted by Crippen LogP contribution is -2.32. The summed E-state index contributed by atoms with van der Waals surface area (Å²) < 4.78 is 0. The molecule has 0 spiro atoms. The van der Waals surface area contributed by atoms with E-state index in [-0.39, 0.29) is 16.2 Å². The maximum absolute atomic E-state index is 12.2. The molecule has 0 bridgehead atoms. The predicted molar refractivity (Wildman–Crippen MR) is 68.5 cm³/mol. The fraction of sp³-hybridized carbons (Fsp3) is 0.545. The molecule has 0 saturated heterocycles. The zero-order chi connectivity index (χ0) is 12.8. The number of carbonyl (C=O) groups excluding carboxylic acids is 1. The third-order valence-electron chi connectivity index (χ3n) is 2.40. The van der Waals surface area contributed by atoms with E-state index in [9.17, 15) is 4.79 Å². The fourth-order valence-electron chi connectivity index (χ4n) is 1.43. The van der Waals surface area contributed by atoms with E-state index in [0.29, 0.717) is 18.7 Å². The van der Waals surface area contributed by atoms with Crippen LogP contribution in [0.15, 0.2) is 6.07 Å². The van der Waals surface area contributed by atoms with Gasteiger partial charge in [0.25, 0.3) is 5.91 Å². The van der Waals surface area contributed by atoms with Gasteiger partial charge in [0.15, 0.2) is 10.3 Å². The molecular weight excluding hydrogens is 261 g/mol. The summed E-state index contributed by atoms with van der Waals surface area (Å²) in [5, 5.41) is 7.48. The van der Waals surface area contributed by atoms with Gasteiger partial charge in [-0.1, -0.05) is 36.5 Å². The Balaban J connectivity index is 2.89. The minimum absolute atomic E-state index is 0.0920. The molecule has 1 amide bonds. The lowest BCUT2D eigenvalue weighted by molar-refractivity contribution is 0.0762. The van der Waals surface area contributed by atoms with Gasteiger partial charge < -0.3 is 4.90 Å². The molecule has 0 aliphatic heterocycles. The van der Waals surface area contributed by atoms with Crippen molar-refractivity contribution in [2.45, 2.75) is 26.7 Å². The van der Waals surface area contributed by atoms with Crippen molar-refractivity contribution in [1.29, 1.82) is 0 Å². The summed E-state index contributed by atoms with van der Waals surface area (Å²) >= 11 is 11.6. The highest BCUT2D eigenvalue weighted by Gasteiger charge is 2.18. The predicted octanol–water partition coefficient (Wildman–Crippen LogP) is 3.05. The van der Waals surface area contributed by atoms with Crippen molar-refractivity contribution in [2.24, 2.45) is 0 Å². The number of carbonyl (C=O) groups is 1. The van der Waals surface area contributed by atoms with E-state index in [1.807, 2.05) is 6.92 Å². The van der Waals surface area contributed by atoms with Crippen molar-refractivity contribution in [3.8, 4) is 0 Å². The average Bonchev–Trinajstić information content (AvgIpc) is 2.33. The van der Waals surface area contributed by atoms with E-state index in [1.54, 1.807) is 4.90 Å². The van der Waals surface area contributed by atoms with Gasteiger partial charge in [0, 0.05) is 13.1 Å². The van der Waals surface area contributed by atoms with Gasteiger partial charge in [-0.2, -0.15) is 0 Å². The summed E-state index contributed by atoms with van der Waals surface area (Å²) in [4.78, 5) is 13.9. The molecule has 4 nitrogen and oxygen atoms in total. The van der Waals surface area contributed by atoms with E-state index in [1.165, 1.54) is 6.07 Å². The van der Waals surface area contributed by atoms with E-state index < -0.39 is 0 Å². The third-order valence-corrected chi connectivity index (χ3v) is 2.86. The van der Waals surface area contributed by atoms with Gasteiger partial charge in [0.05, 0.1) is 5.56 Å². The first-order valence-electron chi connectivity index (χ1n) is 5.58. The van der Waals surface area contributed by atoms with Crippen molar-refractivity contribution in [3.63, 3.8) is 0 Å². The Bertz CT molecular complexity index is 398. The molecule has 0 N–H and O–H groups in total. The number of nitrogens with zero attached hydrogens (tertiary/aromatic N) is 3. The number of hydrogen-bond acceptors (Lipinski definition) is 3. The molecule has 0 aromatic carbocycles. The summed E-state index contributed by atoms with van der Waals surface area (Å²) in [7, 11) is 0. The molecule has 1 heterocycles. The van der Waals surface area contributed by atoms with Crippen LogP contribution in [0.2, 0.25) is 10.3 Å². The molecule has 17 heavy (non-hydrogen) atoms. The van der Waals surface area contributed by atoms with Crippen molar-refractivity contribution in [1.82, 2.24) is 15.1 Å². The molecule has 1 aromatic rings. The lowest BCUT2D eigenvalue weighted by atomic mass is 10.2. The van der Waals surface area contributed by atoms with Crippen LogP contribution >= 0.6 is 23.2 Å². The van der Waals surface area contributed by atoms with Crippen molar-refractivity contribution < 1.29 is 4.79 Å². The molecular formula is C11H15Cl2N3O. The van der Waals surface area contributed by atoms with Crippen LogP contribution in [0.25, 0.3) is 0 Å². The number of hydrogen-bond donors (Lipinski definition) is 0. The SMILES string of the molecule is CCCCN(CC)C(=O)c1cc(Cl)nnc1Cl. The normalized spacial score (nSPS) is 10.4. The third kappa shape index (κ3) is 3.82. The number of unbranched alkanes of at least 4 members (excludes halogenated alkanes) is 1. The maximum atomic E-state index is 12.2. The summed E-state index contributed by atoms with van der Waals surface area (Å²) in [6.07, 6.45) is 2.00. The molecule has 6 heteroatoms. The van der Waals surface area contributed by atoms with Crippen LogP contribution in [0.3, 0.4) is 0 Å². The van der Waals surface area contributed by atoms with Gasteiger partial charge in [-0.25, -0.2) is 0 Å². The maximum Gasteiger partial charge on any atom is 0.257 e. The Morgan fingerprint density at radius 2 is 2.06 bits per heavy atom. The van der Waals surface area contributed by atoms with Gasteiger partial charge >= 0.3 is 0 Å². The van der Waals surface area contributed by atoms with Crippen molar-refractivity contribution in [3.05, 3.63) is 21.9 Å². The highest BCUT2D eigenvalue weighted by molar-refractivity contribution is 6.34. The minimum Gasteiger partial charge on any atom is -0.339 e. The number of rotatable bonds is 5. The second-order valence-electron chi connectivity index (χ2n) is 3.61. The van der Waals surface area contributed by atoms with E-state index in [4.69, 9.17) is 23.2 Å². The average molecular weight is 276 g/mol. The molecule has 0 saturated carbocycles. The van der Waals surface area contributed by atoms with Gasteiger partial charge in [-0.05, 0) is 19.4 Å². The first kappa shape index (κ1) is 14.2. The fourth-order valence-corrected chi connectivity index (χ4v) is 1.75. The molecule has 0 fully saturated rings. The molecule has 94 valence electrons. The van der Waals surface area contributed by atoms with Crippen LogP contribution in [0, 0.1) is 0 Å². The van der Waals surface area contributed by atoms with Crippen LogP contribution in [0.5, 0.6) is 0 Å². The first-order valence-corrected chi connectivity index (χ1v) is 6.33. The molecule has 0 aliphatic rings. The molecule has 1 aromatic heterocycles. The zero-order valence-corrected chi connectivity index (χ0v) is 11.4. The van der Waals surface area contributed by atoms with Crippen LogP contribution in [-0.2, 0) is 0 Å². The highest BCUT2D eigenvalue weighted by Crippen LogP contribution is 2.17. The van der Waals surface area contributed by atoms with E-state index >= 15 is 0 Å². The molecule has 1 rings (SSSR count). The smallest absolute Gasteiger partial charge is 0.257 e. The molecule has 0 unspecified atom stereocenters. The lowest BCUT2D eigenvalue weighted by Gasteiger charge is -2.20. The molecule has 0 atom stereocenters. The summed E-state index contributed by atoms with van der Waals surface area (Å²) in [6.45, 7) is 5.35. The quantitative estimate of drug-likeness (QED) is 0.830. The first-order chi connectivity index (χ1) is 8.10. The second kappa shape index (κ2) is 6.77. The number of amides is 1. The van der Waals surface area contributed by atoms with E-state index in [2.05, 4.69) is 17.1 Å². The van der Waals surface area contributed by atoms with Crippen LogP contribution < -0.4 is 0 Å². The topological polar surface area (TPSA) is 46.1 Å². The number of halogens is 2. The largest absolute Gasteiger partial charge is 0.339 e. The van der Waals surface area contributed by atoms with Crippen molar-refractivity contribution in [2.75, 3.05) is 13.1 Å². The van der Waals surface area contributed by atoms with Crippen molar-refractivity contribution >= 4 is 29.1 Å². The number of aromatic nitrogens is 2. The monoisotopic (exact) mass is 275 g/mol. The summed E-state index contributed by atoms with van der Waals surface area (Å²) in [5.41, 5.74) is 0.310. The van der Waals surface area contributed by atoms with Crippen LogP contribution in [0.1, 0.15) is 37.0 Å². The zero-order valence-electron chi connectivity index (χ0n) is 9.91. The summed E-state index contributed by atoms with van der Waals surface area (Å²) in [5.74, 6) is -0.150. The Morgan fingerprint density at radius 1 is 1.35 bits per heavy atom. The highest BCUT2D eigenvalue weighted by atomic mass is 35.5. The van der Waals surface area contributed by atoms with E-state index in [0.717, 1.165) is 12.8 Å². The summed E-state index contributed by atoms with van der Waals surface area (Å²) in [6, 6.07) is 1.45. The Hall–Kier alpha value is -0.870. The Morgan fingerprint density at radius 3 is 2.65 bits per heavy atom.